The number of para-hydroxylation sites is 1. The van der Waals surface area contributed by atoms with E-state index in [-0.39, 0.29) is 5.82 Å². The van der Waals surface area contributed by atoms with Crippen molar-refractivity contribution in [3.05, 3.63) is 79.3 Å². The van der Waals surface area contributed by atoms with Crippen molar-refractivity contribution in [2.75, 3.05) is 5.32 Å². The van der Waals surface area contributed by atoms with Crippen LogP contribution in [-0.4, -0.2) is 20.0 Å². The van der Waals surface area contributed by atoms with Gasteiger partial charge in [-0.1, -0.05) is 29.8 Å². The molecule has 0 aliphatic carbocycles. The Kier molecular flexibility index (Phi) is 4.81. The lowest BCUT2D eigenvalue weighted by molar-refractivity contribution is 0.102. The number of anilines is 1. The number of hydrogen-bond acceptors (Lipinski definition) is 5. The molecule has 7 nitrogen and oxygen atoms in total. The van der Waals surface area contributed by atoms with Gasteiger partial charge in [0.25, 0.3) is 11.5 Å². The molecule has 0 unspecified atom stereocenters. The van der Waals surface area contributed by atoms with Crippen LogP contribution in [0, 0.1) is 0 Å². The number of pyridine rings is 1. The van der Waals surface area contributed by atoms with Crippen molar-refractivity contribution in [2.24, 2.45) is 14.1 Å². The average Bonchev–Trinajstić information content (AvgIpc) is 3.15. The van der Waals surface area contributed by atoms with Crippen molar-refractivity contribution in [3.63, 3.8) is 0 Å². The fraction of sp³-hybridized carbons (Fsp3) is 0.100. The Balaban J connectivity index is 1.84. The molecule has 1 N–H and O–H groups in total. The monoisotopic (exact) mass is 426 g/mol. The Morgan fingerprint density at radius 2 is 1.83 bits per heavy atom. The smallest absolute Gasteiger partial charge is 0.308 e. The molecule has 0 radical (unpaired) electrons. The summed E-state index contributed by atoms with van der Waals surface area (Å²) in [6.45, 7) is 0. The summed E-state index contributed by atoms with van der Waals surface area (Å²) in [6, 6.07) is 13.8. The van der Waals surface area contributed by atoms with Crippen LogP contribution in [0.2, 0.25) is 4.34 Å². The number of benzene rings is 1. The van der Waals surface area contributed by atoms with E-state index in [0.29, 0.717) is 26.5 Å². The molecule has 4 rings (SSSR count). The van der Waals surface area contributed by atoms with Gasteiger partial charge in [-0.15, -0.1) is 11.3 Å². The Labute approximate surface area is 173 Å². The van der Waals surface area contributed by atoms with Crippen LogP contribution < -0.4 is 16.6 Å². The first-order valence-corrected chi connectivity index (χ1v) is 9.78. The van der Waals surface area contributed by atoms with Crippen molar-refractivity contribution >= 4 is 45.6 Å². The van der Waals surface area contributed by atoms with E-state index in [1.807, 2.05) is 24.3 Å². The van der Waals surface area contributed by atoms with Crippen molar-refractivity contribution in [2.45, 2.75) is 0 Å². The standard InChI is InChI=1S/C20H15ClN4O3S/c1-24-17(10-18(26)25(2)20(24)28)23-19(27)12-9-14(15-7-8-16(21)29-15)22-13-6-4-3-5-11(12)13/h3-10H,1-2H3,(H,23,27). The van der Waals surface area contributed by atoms with Crippen LogP contribution in [0.3, 0.4) is 0 Å². The zero-order chi connectivity index (χ0) is 20.7. The van der Waals surface area contributed by atoms with E-state index >= 15 is 0 Å². The number of aromatic nitrogens is 3. The van der Waals surface area contributed by atoms with Gasteiger partial charge in [0, 0.05) is 25.5 Å². The number of nitrogens with zero attached hydrogens (tertiary/aromatic N) is 3. The van der Waals surface area contributed by atoms with Crippen LogP contribution in [0.1, 0.15) is 10.4 Å². The molecule has 1 aromatic carbocycles. The summed E-state index contributed by atoms with van der Waals surface area (Å²) in [7, 11) is 2.87. The van der Waals surface area contributed by atoms with E-state index in [2.05, 4.69) is 10.3 Å². The van der Waals surface area contributed by atoms with Gasteiger partial charge < -0.3 is 5.32 Å². The number of carbonyl (C=O) groups is 1. The second-order valence-corrected chi connectivity index (χ2v) is 8.11. The van der Waals surface area contributed by atoms with Crippen LogP contribution in [-0.2, 0) is 14.1 Å². The van der Waals surface area contributed by atoms with Crippen molar-refractivity contribution in [3.8, 4) is 10.6 Å². The summed E-state index contributed by atoms with van der Waals surface area (Å²) in [4.78, 5) is 42.6. The second kappa shape index (κ2) is 7.31. The predicted molar refractivity (Wildman–Crippen MR) is 115 cm³/mol. The zero-order valence-electron chi connectivity index (χ0n) is 15.5. The molecule has 0 aliphatic heterocycles. The molecule has 0 fully saturated rings. The molecule has 146 valence electrons. The highest BCUT2D eigenvalue weighted by Gasteiger charge is 2.17. The van der Waals surface area contributed by atoms with Crippen molar-refractivity contribution < 1.29 is 4.79 Å². The van der Waals surface area contributed by atoms with E-state index in [1.54, 1.807) is 18.2 Å². The first kappa shape index (κ1) is 19.1. The van der Waals surface area contributed by atoms with Gasteiger partial charge in [0.05, 0.1) is 26.0 Å². The zero-order valence-corrected chi connectivity index (χ0v) is 17.0. The van der Waals surface area contributed by atoms with Crippen LogP contribution in [0.5, 0.6) is 0 Å². The van der Waals surface area contributed by atoms with E-state index in [1.165, 1.54) is 36.1 Å². The van der Waals surface area contributed by atoms with E-state index < -0.39 is 17.2 Å². The number of nitrogens with one attached hydrogen (secondary N) is 1. The maximum Gasteiger partial charge on any atom is 0.332 e. The number of fused-ring (bicyclic) bond motifs is 1. The molecule has 1 amide bonds. The van der Waals surface area contributed by atoms with Gasteiger partial charge in [0.1, 0.15) is 5.82 Å². The molecule has 0 bridgehead atoms. The molecular weight excluding hydrogens is 412 g/mol. The van der Waals surface area contributed by atoms with Gasteiger partial charge in [-0.3, -0.25) is 18.7 Å². The summed E-state index contributed by atoms with van der Waals surface area (Å²) in [5.41, 5.74) is 0.614. The van der Waals surface area contributed by atoms with Crippen molar-refractivity contribution in [1.29, 1.82) is 0 Å². The number of thiophene rings is 1. The van der Waals surface area contributed by atoms with Crippen LogP contribution in [0.15, 0.2) is 58.1 Å². The number of carbonyl (C=O) groups excluding carboxylic acids is 1. The fourth-order valence-electron chi connectivity index (χ4n) is 2.98. The fourth-order valence-corrected chi connectivity index (χ4v) is 3.98. The summed E-state index contributed by atoms with van der Waals surface area (Å²) in [5, 5.41) is 3.33. The number of halogens is 1. The van der Waals surface area contributed by atoms with Crippen LogP contribution >= 0.6 is 22.9 Å². The largest absolute Gasteiger partial charge is 0.332 e. The molecular formula is C20H15ClN4O3S. The molecule has 9 heteroatoms. The number of rotatable bonds is 3. The van der Waals surface area contributed by atoms with Gasteiger partial charge in [0.15, 0.2) is 0 Å². The maximum atomic E-state index is 13.1. The third-order valence-electron chi connectivity index (χ3n) is 4.55. The van der Waals surface area contributed by atoms with E-state index in [4.69, 9.17) is 11.6 Å². The third kappa shape index (κ3) is 3.48. The molecule has 3 heterocycles. The van der Waals surface area contributed by atoms with Gasteiger partial charge in [0.2, 0.25) is 0 Å². The third-order valence-corrected chi connectivity index (χ3v) is 5.81. The minimum atomic E-state index is -0.527. The molecule has 0 saturated carbocycles. The maximum absolute atomic E-state index is 13.1. The molecule has 0 aliphatic rings. The SMILES string of the molecule is Cn1c(NC(=O)c2cc(-c3ccc(Cl)s3)nc3ccccc23)cc(=O)n(C)c1=O. The molecule has 3 aromatic heterocycles. The highest BCUT2D eigenvalue weighted by Crippen LogP contribution is 2.32. The van der Waals surface area contributed by atoms with Gasteiger partial charge in [-0.2, -0.15) is 0 Å². The lowest BCUT2D eigenvalue weighted by Crippen LogP contribution is -2.38. The number of hydrogen-bond donors (Lipinski definition) is 1. The van der Waals surface area contributed by atoms with Gasteiger partial charge >= 0.3 is 5.69 Å². The summed E-state index contributed by atoms with van der Waals surface area (Å²) in [6.07, 6.45) is 0. The summed E-state index contributed by atoms with van der Waals surface area (Å²) in [5.74, 6) is -0.333. The lowest BCUT2D eigenvalue weighted by Gasteiger charge is -2.12. The topological polar surface area (TPSA) is 86.0 Å². The van der Waals surface area contributed by atoms with Gasteiger partial charge in [-0.25, -0.2) is 9.78 Å². The summed E-state index contributed by atoms with van der Waals surface area (Å²) < 4.78 is 2.80. The quantitative estimate of drug-likeness (QED) is 0.544. The van der Waals surface area contributed by atoms with Gasteiger partial charge in [-0.05, 0) is 24.3 Å². The highest BCUT2D eigenvalue weighted by atomic mass is 35.5. The van der Waals surface area contributed by atoms with E-state index in [9.17, 15) is 14.4 Å². The Bertz CT molecular complexity index is 1390. The average molecular weight is 427 g/mol. The Morgan fingerprint density at radius 3 is 2.55 bits per heavy atom. The Morgan fingerprint density at radius 1 is 1.07 bits per heavy atom. The molecule has 0 atom stereocenters. The molecule has 0 spiro atoms. The predicted octanol–water partition coefficient (Wildman–Crippen LogP) is 3.27. The Hall–Kier alpha value is -3.23. The lowest BCUT2D eigenvalue weighted by atomic mass is 10.1. The minimum Gasteiger partial charge on any atom is -0.308 e. The highest BCUT2D eigenvalue weighted by molar-refractivity contribution is 7.19. The first-order valence-electron chi connectivity index (χ1n) is 8.59. The molecule has 0 saturated heterocycles. The van der Waals surface area contributed by atoms with E-state index in [0.717, 1.165) is 9.44 Å². The normalized spacial score (nSPS) is 11.0. The summed E-state index contributed by atoms with van der Waals surface area (Å²) >= 11 is 7.41. The van der Waals surface area contributed by atoms with Crippen LogP contribution in [0.4, 0.5) is 5.82 Å². The molecule has 4 aromatic rings. The number of amides is 1. The minimum absolute atomic E-state index is 0.115. The van der Waals surface area contributed by atoms with Crippen LogP contribution in [0.25, 0.3) is 21.5 Å². The second-order valence-electron chi connectivity index (χ2n) is 6.40. The first-order chi connectivity index (χ1) is 13.8. The van der Waals surface area contributed by atoms with Crippen molar-refractivity contribution in [1.82, 2.24) is 14.1 Å². The molecule has 29 heavy (non-hydrogen) atoms.